The molecule has 2 atom stereocenters. The molecule has 2 amide bonds. The van der Waals surface area contributed by atoms with E-state index in [1.165, 1.54) is 0 Å². The molecule has 30 heavy (non-hydrogen) atoms. The molecule has 158 valence electrons. The predicted octanol–water partition coefficient (Wildman–Crippen LogP) is 2.08. The number of nitrogens with zero attached hydrogens (tertiary/aromatic N) is 2. The highest BCUT2D eigenvalue weighted by molar-refractivity contribution is 6.04. The third kappa shape index (κ3) is 4.00. The molecule has 1 aromatic carbocycles. The van der Waals surface area contributed by atoms with Crippen LogP contribution in [-0.4, -0.2) is 42.0 Å². The van der Waals surface area contributed by atoms with Crippen LogP contribution in [0.1, 0.15) is 37.7 Å². The number of rotatable bonds is 4. The van der Waals surface area contributed by atoms with E-state index >= 15 is 0 Å². The monoisotopic (exact) mass is 411 g/mol. The van der Waals surface area contributed by atoms with Gasteiger partial charge in [0.15, 0.2) is 0 Å². The smallest absolute Gasteiger partial charge is 0.258 e. The van der Waals surface area contributed by atoms with E-state index in [2.05, 4.69) is 27.5 Å². The third-order valence-electron chi connectivity index (χ3n) is 5.57. The van der Waals surface area contributed by atoms with Crippen molar-refractivity contribution in [3.8, 4) is 5.75 Å². The summed E-state index contributed by atoms with van der Waals surface area (Å²) in [5, 5.41) is 5.43. The van der Waals surface area contributed by atoms with Crippen molar-refractivity contribution in [2.24, 2.45) is 5.92 Å². The number of fused-ring (bicyclic) bond motifs is 1. The quantitative estimate of drug-likeness (QED) is 0.709. The average molecular weight is 411 g/mol. The summed E-state index contributed by atoms with van der Waals surface area (Å²) < 4.78 is 5.11. The zero-order valence-corrected chi connectivity index (χ0v) is 17.0. The van der Waals surface area contributed by atoms with Gasteiger partial charge in [-0.05, 0) is 43.0 Å². The molecular weight excluding hydrogens is 386 g/mol. The van der Waals surface area contributed by atoms with Crippen LogP contribution in [0.5, 0.6) is 5.75 Å². The van der Waals surface area contributed by atoms with Crippen molar-refractivity contribution in [3.63, 3.8) is 0 Å². The van der Waals surface area contributed by atoms with Gasteiger partial charge in [-0.3, -0.25) is 19.4 Å². The van der Waals surface area contributed by atoms with E-state index in [4.69, 9.17) is 4.74 Å². The normalized spacial score (nSPS) is 20.9. The molecule has 9 heteroatoms. The second kappa shape index (κ2) is 8.17. The van der Waals surface area contributed by atoms with Crippen LogP contribution in [0.4, 0.5) is 17.5 Å². The summed E-state index contributed by atoms with van der Waals surface area (Å²) in [4.78, 5) is 47.4. The number of anilines is 3. The van der Waals surface area contributed by atoms with Gasteiger partial charge in [-0.25, -0.2) is 0 Å². The zero-order valence-electron chi connectivity index (χ0n) is 17.0. The molecule has 2 aliphatic heterocycles. The van der Waals surface area contributed by atoms with Gasteiger partial charge in [-0.15, -0.1) is 0 Å². The van der Waals surface area contributed by atoms with Crippen molar-refractivity contribution < 1.29 is 14.3 Å². The molecule has 9 nitrogen and oxygen atoms in total. The molecule has 0 spiro atoms. The van der Waals surface area contributed by atoms with Crippen LogP contribution in [-0.2, 0) is 9.59 Å². The number of aromatic nitrogens is 2. The summed E-state index contributed by atoms with van der Waals surface area (Å²) >= 11 is 0. The molecule has 0 saturated carbocycles. The minimum Gasteiger partial charge on any atom is -0.497 e. The van der Waals surface area contributed by atoms with Crippen LogP contribution >= 0.6 is 0 Å². The number of carbonyl (C=O) groups is 2. The van der Waals surface area contributed by atoms with E-state index in [1.54, 1.807) is 31.4 Å². The summed E-state index contributed by atoms with van der Waals surface area (Å²) in [6, 6.07) is 6.84. The topological polar surface area (TPSA) is 116 Å². The molecule has 2 aliphatic rings. The van der Waals surface area contributed by atoms with E-state index in [9.17, 15) is 14.4 Å². The Labute approximate surface area is 173 Å². The van der Waals surface area contributed by atoms with Crippen LogP contribution in [0.15, 0.2) is 29.1 Å². The van der Waals surface area contributed by atoms with Crippen molar-refractivity contribution in [1.82, 2.24) is 9.97 Å². The van der Waals surface area contributed by atoms with Gasteiger partial charge >= 0.3 is 0 Å². The van der Waals surface area contributed by atoms with Crippen LogP contribution in [0.25, 0.3) is 0 Å². The number of hydrogen-bond acceptors (Lipinski definition) is 6. The Hall–Kier alpha value is -3.36. The highest BCUT2D eigenvalue weighted by atomic mass is 16.5. The van der Waals surface area contributed by atoms with E-state index in [-0.39, 0.29) is 23.7 Å². The highest BCUT2D eigenvalue weighted by Crippen LogP contribution is 2.31. The van der Waals surface area contributed by atoms with E-state index in [0.29, 0.717) is 23.3 Å². The molecule has 0 bridgehead atoms. The van der Waals surface area contributed by atoms with Crippen molar-refractivity contribution in [2.75, 3.05) is 35.7 Å². The Kier molecular flexibility index (Phi) is 5.43. The zero-order chi connectivity index (χ0) is 21.3. The summed E-state index contributed by atoms with van der Waals surface area (Å²) in [6.07, 6.45) is 2.04. The molecule has 4 rings (SSSR count). The number of hydrogen-bond donors (Lipinski definition) is 3. The number of amides is 2. The van der Waals surface area contributed by atoms with Crippen LogP contribution in [0, 0.1) is 5.92 Å². The molecule has 0 unspecified atom stereocenters. The maximum atomic E-state index is 12.9. The molecule has 3 N–H and O–H groups in total. The first-order valence-corrected chi connectivity index (χ1v) is 10.1. The van der Waals surface area contributed by atoms with Crippen LogP contribution < -0.4 is 25.8 Å². The van der Waals surface area contributed by atoms with Crippen LogP contribution in [0.3, 0.4) is 0 Å². The van der Waals surface area contributed by atoms with Crippen molar-refractivity contribution in [2.45, 2.75) is 32.1 Å². The lowest BCUT2D eigenvalue weighted by Crippen LogP contribution is -2.40. The predicted molar refractivity (Wildman–Crippen MR) is 113 cm³/mol. The largest absolute Gasteiger partial charge is 0.497 e. The molecule has 0 aliphatic carbocycles. The molecular formula is C21H25N5O4. The van der Waals surface area contributed by atoms with Gasteiger partial charge in [0.2, 0.25) is 17.8 Å². The molecule has 1 saturated heterocycles. The maximum absolute atomic E-state index is 12.9. The lowest BCUT2D eigenvalue weighted by atomic mass is 9.92. The van der Waals surface area contributed by atoms with E-state index in [1.807, 2.05) is 4.90 Å². The molecule has 2 aromatic rings. The number of nitrogens with one attached hydrogen (secondary N) is 3. The summed E-state index contributed by atoms with van der Waals surface area (Å²) in [5.41, 5.74) is 0.342. The van der Waals surface area contributed by atoms with E-state index < -0.39 is 17.4 Å². The van der Waals surface area contributed by atoms with E-state index in [0.717, 1.165) is 25.9 Å². The SMILES string of the molecule is COc1ccc(NC(=O)[C@H]2CC(=O)Nc3nc(N4CCC[C@@H](C)C4)[nH]c(=O)c32)cc1. The van der Waals surface area contributed by atoms with Gasteiger partial charge in [0, 0.05) is 25.2 Å². The second-order valence-corrected chi connectivity index (χ2v) is 7.87. The fourth-order valence-corrected chi connectivity index (χ4v) is 4.02. The Morgan fingerprint density at radius 2 is 2.03 bits per heavy atom. The Morgan fingerprint density at radius 3 is 2.73 bits per heavy atom. The van der Waals surface area contributed by atoms with Gasteiger partial charge < -0.3 is 20.3 Å². The summed E-state index contributed by atoms with van der Waals surface area (Å²) in [7, 11) is 1.56. The number of benzene rings is 1. The Bertz CT molecular complexity index is 1020. The van der Waals surface area contributed by atoms with Gasteiger partial charge in [0.1, 0.15) is 11.6 Å². The maximum Gasteiger partial charge on any atom is 0.258 e. The van der Waals surface area contributed by atoms with Gasteiger partial charge in [-0.2, -0.15) is 4.98 Å². The minimum absolute atomic E-state index is 0.111. The first-order chi connectivity index (χ1) is 14.4. The number of methoxy groups -OCH3 is 1. The summed E-state index contributed by atoms with van der Waals surface area (Å²) in [5.74, 6) is 0.0750. The third-order valence-corrected chi connectivity index (χ3v) is 5.57. The Balaban J connectivity index is 1.61. The number of H-pyrrole nitrogens is 1. The second-order valence-electron chi connectivity index (χ2n) is 7.87. The first kappa shape index (κ1) is 19.9. The minimum atomic E-state index is -0.915. The highest BCUT2D eigenvalue weighted by Gasteiger charge is 2.35. The van der Waals surface area contributed by atoms with Gasteiger partial charge in [0.25, 0.3) is 5.56 Å². The average Bonchev–Trinajstić information content (AvgIpc) is 2.73. The fraction of sp³-hybridized carbons (Fsp3) is 0.429. The van der Waals surface area contributed by atoms with Crippen molar-refractivity contribution in [3.05, 3.63) is 40.2 Å². The molecule has 1 aromatic heterocycles. The van der Waals surface area contributed by atoms with Crippen LogP contribution in [0.2, 0.25) is 0 Å². The lowest BCUT2D eigenvalue weighted by molar-refractivity contribution is -0.123. The first-order valence-electron chi connectivity index (χ1n) is 10.1. The molecule has 3 heterocycles. The number of aromatic amines is 1. The number of carbonyl (C=O) groups excluding carboxylic acids is 2. The molecule has 1 fully saturated rings. The molecule has 0 radical (unpaired) electrons. The Morgan fingerprint density at radius 1 is 1.27 bits per heavy atom. The lowest BCUT2D eigenvalue weighted by Gasteiger charge is -2.32. The van der Waals surface area contributed by atoms with Gasteiger partial charge in [-0.1, -0.05) is 6.92 Å². The number of ether oxygens (including phenoxy) is 1. The summed E-state index contributed by atoms with van der Waals surface area (Å²) in [6.45, 7) is 3.74. The van der Waals surface area contributed by atoms with Crippen molar-refractivity contribution in [1.29, 1.82) is 0 Å². The van der Waals surface area contributed by atoms with Gasteiger partial charge in [0.05, 0.1) is 18.6 Å². The standard InChI is InChI=1S/C21H25N5O4/c1-12-4-3-9-26(11-12)21-24-18-17(20(29)25-21)15(10-16(27)23-18)19(28)22-13-5-7-14(30-2)8-6-13/h5-8,12,15H,3-4,9-11H2,1-2H3,(H,22,28)(H2,23,24,25,27,29)/t12-,15+/m1/s1. The fourth-order valence-electron chi connectivity index (χ4n) is 4.02. The van der Waals surface area contributed by atoms with Crippen molar-refractivity contribution >= 4 is 29.3 Å². The number of piperidine rings is 1.